The molecule has 2 aliphatic rings. The second kappa shape index (κ2) is 6.82. The lowest BCUT2D eigenvalue weighted by Crippen LogP contribution is -2.43. The Morgan fingerprint density at radius 1 is 1.18 bits per heavy atom. The number of phenols is 1. The van der Waals surface area contributed by atoms with Crippen molar-refractivity contribution < 1.29 is 9.84 Å². The molecule has 2 unspecified atom stereocenters. The van der Waals surface area contributed by atoms with E-state index in [9.17, 15) is 5.11 Å². The summed E-state index contributed by atoms with van der Waals surface area (Å²) in [7, 11) is 2.22. The SMILES string of the molecule is Cc1cnn(-c2ccc(-c3nnc(OC4CC5CCC(C4)N5C)s3)c(O)c2)n1. The fraction of sp³-hybridized carbons (Fsp3) is 0.474. The zero-order valence-electron chi connectivity index (χ0n) is 15.8. The van der Waals surface area contributed by atoms with Gasteiger partial charge in [-0.3, -0.25) is 0 Å². The number of hydrogen-bond donors (Lipinski definition) is 1. The van der Waals surface area contributed by atoms with Crippen LogP contribution in [0.5, 0.6) is 10.9 Å². The number of ether oxygens (including phenoxy) is 1. The molecule has 146 valence electrons. The number of phenolic OH excluding ortho intramolecular Hbond substituents is 1. The van der Waals surface area contributed by atoms with Crippen LogP contribution in [-0.4, -0.2) is 60.4 Å². The first kappa shape index (κ1) is 17.6. The molecule has 2 atom stereocenters. The summed E-state index contributed by atoms with van der Waals surface area (Å²) in [6.45, 7) is 1.87. The van der Waals surface area contributed by atoms with E-state index in [1.165, 1.54) is 29.0 Å². The summed E-state index contributed by atoms with van der Waals surface area (Å²) in [5.41, 5.74) is 2.14. The van der Waals surface area contributed by atoms with Gasteiger partial charge in [-0.05, 0) is 51.8 Å². The molecule has 0 amide bonds. The number of piperidine rings is 1. The second-order valence-electron chi connectivity index (χ2n) is 7.61. The van der Waals surface area contributed by atoms with Crippen molar-refractivity contribution in [1.29, 1.82) is 0 Å². The molecular formula is C19H22N6O2S. The standard InChI is InChI=1S/C19H22N6O2S/c1-11-10-20-25(23-11)14-5-6-16(17(26)9-14)18-21-22-19(28-18)27-15-7-12-3-4-13(8-15)24(12)2/h5-6,9-10,12-13,15,26H,3-4,7-8H2,1-2H3. The average Bonchev–Trinajstić information content (AvgIpc) is 3.35. The van der Waals surface area contributed by atoms with Crippen LogP contribution in [0.4, 0.5) is 0 Å². The van der Waals surface area contributed by atoms with Gasteiger partial charge in [0.2, 0.25) is 0 Å². The van der Waals surface area contributed by atoms with Gasteiger partial charge in [-0.1, -0.05) is 16.4 Å². The Labute approximate surface area is 166 Å². The summed E-state index contributed by atoms with van der Waals surface area (Å²) < 4.78 is 6.13. The molecule has 1 N–H and O–H groups in total. The third kappa shape index (κ3) is 3.14. The molecule has 2 saturated heterocycles. The van der Waals surface area contributed by atoms with Gasteiger partial charge in [-0.25, -0.2) is 0 Å². The number of rotatable bonds is 4. The van der Waals surface area contributed by atoms with E-state index in [1.807, 2.05) is 19.1 Å². The van der Waals surface area contributed by atoms with Crippen LogP contribution < -0.4 is 4.74 Å². The number of nitrogens with zero attached hydrogens (tertiary/aromatic N) is 6. The van der Waals surface area contributed by atoms with Crippen molar-refractivity contribution in [2.24, 2.45) is 0 Å². The topological polar surface area (TPSA) is 89.2 Å². The molecule has 4 heterocycles. The Kier molecular flexibility index (Phi) is 4.28. The van der Waals surface area contributed by atoms with Crippen molar-refractivity contribution in [2.45, 2.75) is 50.8 Å². The molecule has 1 aromatic carbocycles. The maximum Gasteiger partial charge on any atom is 0.294 e. The highest BCUT2D eigenvalue weighted by atomic mass is 32.1. The van der Waals surface area contributed by atoms with Crippen molar-refractivity contribution in [3.8, 4) is 27.2 Å². The molecule has 0 radical (unpaired) electrons. The Morgan fingerprint density at radius 2 is 1.96 bits per heavy atom. The maximum atomic E-state index is 10.5. The average molecular weight is 398 g/mol. The molecule has 2 aromatic heterocycles. The van der Waals surface area contributed by atoms with Crippen LogP contribution in [-0.2, 0) is 0 Å². The van der Waals surface area contributed by atoms with Crippen LogP contribution in [0.15, 0.2) is 24.4 Å². The van der Waals surface area contributed by atoms with Gasteiger partial charge in [-0.15, -0.1) is 5.10 Å². The molecule has 3 aromatic rings. The molecule has 9 heteroatoms. The van der Waals surface area contributed by atoms with E-state index in [-0.39, 0.29) is 11.9 Å². The molecule has 0 spiro atoms. The molecule has 2 aliphatic heterocycles. The van der Waals surface area contributed by atoms with Crippen molar-refractivity contribution >= 4 is 11.3 Å². The normalized spacial score (nSPS) is 24.6. The summed E-state index contributed by atoms with van der Waals surface area (Å²) in [6.07, 6.45) is 6.46. The maximum absolute atomic E-state index is 10.5. The molecule has 2 fully saturated rings. The second-order valence-corrected chi connectivity index (χ2v) is 8.55. The fourth-order valence-electron chi connectivity index (χ4n) is 4.26. The van der Waals surface area contributed by atoms with E-state index in [0.717, 1.165) is 18.5 Å². The lowest BCUT2D eigenvalue weighted by Gasteiger charge is -2.35. The van der Waals surface area contributed by atoms with Gasteiger partial charge in [0.05, 0.1) is 23.1 Å². The van der Waals surface area contributed by atoms with Gasteiger partial charge >= 0.3 is 0 Å². The molecule has 28 heavy (non-hydrogen) atoms. The minimum atomic E-state index is 0.118. The number of aromatic nitrogens is 5. The predicted octanol–water partition coefficient (Wildman–Crippen LogP) is 2.80. The summed E-state index contributed by atoms with van der Waals surface area (Å²) in [6, 6.07) is 6.53. The Bertz CT molecular complexity index is 988. The largest absolute Gasteiger partial charge is 0.507 e. The van der Waals surface area contributed by atoms with Gasteiger partial charge < -0.3 is 14.7 Å². The number of benzene rings is 1. The van der Waals surface area contributed by atoms with Gasteiger partial charge in [0.1, 0.15) is 11.9 Å². The lowest BCUT2D eigenvalue weighted by molar-refractivity contribution is 0.0655. The van der Waals surface area contributed by atoms with Crippen molar-refractivity contribution in [2.75, 3.05) is 7.05 Å². The van der Waals surface area contributed by atoms with Crippen LogP contribution in [0, 0.1) is 6.92 Å². The van der Waals surface area contributed by atoms with Crippen LogP contribution in [0.1, 0.15) is 31.4 Å². The zero-order valence-corrected chi connectivity index (χ0v) is 16.6. The lowest BCUT2D eigenvalue weighted by atomic mass is 10.0. The monoisotopic (exact) mass is 398 g/mol. The predicted molar refractivity (Wildman–Crippen MR) is 105 cm³/mol. The van der Waals surface area contributed by atoms with E-state index in [4.69, 9.17) is 4.74 Å². The highest BCUT2D eigenvalue weighted by Gasteiger charge is 2.39. The minimum absolute atomic E-state index is 0.118. The number of fused-ring (bicyclic) bond motifs is 2. The van der Waals surface area contributed by atoms with Gasteiger partial charge in [0, 0.05) is 18.2 Å². The van der Waals surface area contributed by atoms with Crippen LogP contribution in [0.3, 0.4) is 0 Å². The third-order valence-electron chi connectivity index (χ3n) is 5.78. The van der Waals surface area contributed by atoms with Crippen molar-refractivity contribution in [1.82, 2.24) is 30.1 Å². The van der Waals surface area contributed by atoms with Crippen LogP contribution in [0.2, 0.25) is 0 Å². The third-order valence-corrected chi connectivity index (χ3v) is 6.63. The van der Waals surface area contributed by atoms with Crippen LogP contribution in [0.25, 0.3) is 16.3 Å². The summed E-state index contributed by atoms with van der Waals surface area (Å²) >= 11 is 1.37. The highest BCUT2D eigenvalue weighted by molar-refractivity contribution is 7.16. The van der Waals surface area contributed by atoms with Gasteiger partial charge in [0.15, 0.2) is 5.01 Å². The van der Waals surface area contributed by atoms with E-state index < -0.39 is 0 Å². The molecule has 5 rings (SSSR count). The van der Waals surface area contributed by atoms with Crippen molar-refractivity contribution in [3.05, 3.63) is 30.1 Å². The number of aryl methyl sites for hydroxylation is 1. The zero-order chi connectivity index (χ0) is 19.3. The smallest absolute Gasteiger partial charge is 0.294 e. The molecule has 0 saturated carbocycles. The van der Waals surface area contributed by atoms with Crippen LogP contribution >= 0.6 is 11.3 Å². The first-order chi connectivity index (χ1) is 13.6. The molecule has 0 aliphatic carbocycles. The fourth-order valence-corrected chi connectivity index (χ4v) is 5.05. The molecule has 2 bridgehead atoms. The Hall–Kier alpha value is -2.52. The quantitative estimate of drug-likeness (QED) is 0.723. The summed E-state index contributed by atoms with van der Waals surface area (Å²) in [5.74, 6) is 0.118. The summed E-state index contributed by atoms with van der Waals surface area (Å²) in [5, 5.41) is 28.5. The summed E-state index contributed by atoms with van der Waals surface area (Å²) in [4.78, 5) is 3.98. The molecule has 8 nitrogen and oxygen atoms in total. The van der Waals surface area contributed by atoms with Crippen molar-refractivity contribution in [3.63, 3.8) is 0 Å². The van der Waals surface area contributed by atoms with E-state index >= 15 is 0 Å². The van der Waals surface area contributed by atoms with E-state index in [2.05, 4.69) is 32.3 Å². The van der Waals surface area contributed by atoms with E-state index in [0.29, 0.717) is 33.5 Å². The van der Waals surface area contributed by atoms with E-state index in [1.54, 1.807) is 12.3 Å². The first-order valence-electron chi connectivity index (χ1n) is 9.51. The first-order valence-corrected chi connectivity index (χ1v) is 10.3. The number of hydrogen-bond acceptors (Lipinski definition) is 8. The molecular weight excluding hydrogens is 376 g/mol. The Morgan fingerprint density at radius 3 is 2.64 bits per heavy atom. The van der Waals surface area contributed by atoms with Gasteiger partial charge in [-0.2, -0.15) is 15.0 Å². The highest BCUT2D eigenvalue weighted by Crippen LogP contribution is 2.38. The Balaban J connectivity index is 1.32. The minimum Gasteiger partial charge on any atom is -0.507 e. The number of aromatic hydroxyl groups is 1. The van der Waals surface area contributed by atoms with Gasteiger partial charge in [0.25, 0.3) is 5.19 Å².